The molecule has 0 saturated carbocycles. The molecule has 5 nitrogen and oxygen atoms in total. The van der Waals surface area contributed by atoms with Crippen LogP contribution in [0.1, 0.15) is 13.8 Å². The molecular formula is C12H17O5P. The predicted molar refractivity (Wildman–Crippen MR) is 67.9 cm³/mol. The summed E-state index contributed by atoms with van der Waals surface area (Å²) in [6.07, 6.45) is 0. The molecule has 0 bridgehead atoms. The second-order valence-electron chi connectivity index (χ2n) is 3.48. The van der Waals surface area contributed by atoms with Crippen molar-refractivity contribution >= 4 is 18.6 Å². The summed E-state index contributed by atoms with van der Waals surface area (Å²) in [6, 6.07) is 8.19. The van der Waals surface area contributed by atoms with E-state index < -0.39 is 19.2 Å². The van der Waals surface area contributed by atoms with Crippen LogP contribution in [0.25, 0.3) is 0 Å². The number of carbonyl (C=O) groups excluding carboxylic acids is 1. The summed E-state index contributed by atoms with van der Waals surface area (Å²) in [5, 5.41) is 10.2. The van der Waals surface area contributed by atoms with E-state index in [1.54, 1.807) is 44.2 Å². The van der Waals surface area contributed by atoms with Gasteiger partial charge in [-0.2, -0.15) is 0 Å². The van der Waals surface area contributed by atoms with Gasteiger partial charge < -0.3 is 14.4 Å². The van der Waals surface area contributed by atoms with Crippen molar-refractivity contribution in [1.82, 2.24) is 0 Å². The van der Waals surface area contributed by atoms with Gasteiger partial charge in [-0.25, -0.2) is 4.79 Å². The van der Waals surface area contributed by atoms with Gasteiger partial charge in [0.1, 0.15) is 0 Å². The smallest absolute Gasteiger partial charge is 0.345 e. The Hall–Kier alpha value is -1.16. The summed E-state index contributed by atoms with van der Waals surface area (Å²) in [5.41, 5.74) is 0. The first kappa shape index (κ1) is 14.9. The van der Waals surface area contributed by atoms with Crippen LogP contribution >= 0.6 is 7.37 Å². The van der Waals surface area contributed by atoms with Crippen molar-refractivity contribution in [2.24, 2.45) is 0 Å². The van der Waals surface area contributed by atoms with Crippen LogP contribution in [0.3, 0.4) is 0 Å². The first-order valence-corrected chi connectivity index (χ1v) is 7.40. The van der Waals surface area contributed by atoms with Crippen molar-refractivity contribution in [2.45, 2.75) is 19.7 Å². The van der Waals surface area contributed by atoms with E-state index in [2.05, 4.69) is 4.74 Å². The minimum atomic E-state index is -3.67. The van der Waals surface area contributed by atoms with Gasteiger partial charge in [-0.1, -0.05) is 18.2 Å². The minimum absolute atomic E-state index is 0.108. The van der Waals surface area contributed by atoms with Gasteiger partial charge in [0.05, 0.1) is 13.2 Å². The number of aliphatic hydroxyl groups excluding tert-OH is 1. The Morgan fingerprint density at radius 2 is 1.89 bits per heavy atom. The summed E-state index contributed by atoms with van der Waals surface area (Å²) in [4.78, 5) is 11.5. The number of ether oxygens (including phenoxy) is 1. The third kappa shape index (κ3) is 3.19. The molecule has 0 aromatic heterocycles. The summed E-state index contributed by atoms with van der Waals surface area (Å²) < 4.78 is 22.5. The molecule has 1 rings (SSSR count). The van der Waals surface area contributed by atoms with Crippen LogP contribution in [0.5, 0.6) is 0 Å². The van der Waals surface area contributed by atoms with Crippen molar-refractivity contribution in [3.63, 3.8) is 0 Å². The topological polar surface area (TPSA) is 72.8 Å². The fourth-order valence-electron chi connectivity index (χ4n) is 1.47. The number of hydrogen-bond donors (Lipinski definition) is 1. The van der Waals surface area contributed by atoms with Gasteiger partial charge in [-0.15, -0.1) is 0 Å². The zero-order valence-corrected chi connectivity index (χ0v) is 11.3. The van der Waals surface area contributed by atoms with Gasteiger partial charge in [0.25, 0.3) is 7.37 Å². The molecule has 2 atom stereocenters. The predicted octanol–water partition coefficient (Wildman–Crippen LogP) is 1.51. The van der Waals surface area contributed by atoms with Crippen LogP contribution in [0, 0.1) is 0 Å². The lowest BCUT2D eigenvalue weighted by molar-refractivity contribution is -0.148. The highest BCUT2D eigenvalue weighted by atomic mass is 31.2. The van der Waals surface area contributed by atoms with E-state index >= 15 is 0 Å². The highest BCUT2D eigenvalue weighted by molar-refractivity contribution is 7.68. The number of carbonyl (C=O) groups is 1. The van der Waals surface area contributed by atoms with E-state index in [1.165, 1.54) is 0 Å². The van der Waals surface area contributed by atoms with Crippen molar-refractivity contribution in [3.05, 3.63) is 30.3 Å². The lowest BCUT2D eigenvalue weighted by atomic mass is 10.4. The van der Waals surface area contributed by atoms with Crippen LogP contribution in [0.4, 0.5) is 0 Å². The number of benzene rings is 1. The van der Waals surface area contributed by atoms with Gasteiger partial charge >= 0.3 is 5.97 Å². The largest absolute Gasteiger partial charge is 0.464 e. The Kier molecular flexibility index (Phi) is 5.54. The molecule has 6 heteroatoms. The Morgan fingerprint density at radius 1 is 1.28 bits per heavy atom. The first-order chi connectivity index (χ1) is 8.56. The number of esters is 1. The monoisotopic (exact) mass is 272 g/mol. The number of aliphatic hydroxyl groups is 1. The Bertz CT molecular complexity index is 431. The number of rotatable bonds is 6. The molecular weight excluding hydrogens is 255 g/mol. The highest BCUT2D eigenvalue weighted by Gasteiger charge is 2.40. The summed E-state index contributed by atoms with van der Waals surface area (Å²) >= 11 is 0. The van der Waals surface area contributed by atoms with Crippen LogP contribution < -0.4 is 5.30 Å². The standard InChI is InChI=1S/C12H17O5P/c1-3-16-11(13)12(14)18(15,17-4-2)10-8-6-5-7-9-10/h5-9,12,14H,3-4H2,1-2H3. The molecule has 0 aliphatic carbocycles. The lowest BCUT2D eigenvalue weighted by Crippen LogP contribution is -2.29. The molecule has 100 valence electrons. The molecule has 0 amide bonds. The summed E-state index contributed by atoms with van der Waals surface area (Å²) in [6.45, 7) is 3.49. The van der Waals surface area contributed by atoms with Crippen molar-refractivity contribution in [2.75, 3.05) is 13.2 Å². The zero-order valence-electron chi connectivity index (χ0n) is 10.4. The summed E-state index contributed by atoms with van der Waals surface area (Å²) in [7, 11) is -3.67. The van der Waals surface area contributed by atoms with Gasteiger partial charge in [-0.05, 0) is 26.0 Å². The van der Waals surface area contributed by atoms with Crippen molar-refractivity contribution in [3.8, 4) is 0 Å². The molecule has 0 spiro atoms. The fraction of sp³-hybridized carbons (Fsp3) is 0.417. The Morgan fingerprint density at radius 3 is 2.39 bits per heavy atom. The van der Waals surface area contributed by atoms with Crippen LogP contribution in [-0.4, -0.2) is 30.1 Å². The van der Waals surface area contributed by atoms with Crippen LogP contribution in [0.15, 0.2) is 30.3 Å². The first-order valence-electron chi connectivity index (χ1n) is 5.70. The molecule has 1 N–H and O–H groups in total. The van der Waals surface area contributed by atoms with E-state index in [0.29, 0.717) is 5.30 Å². The van der Waals surface area contributed by atoms with Crippen LogP contribution in [0.2, 0.25) is 0 Å². The second-order valence-corrected chi connectivity index (χ2v) is 5.93. The minimum Gasteiger partial charge on any atom is -0.464 e. The molecule has 1 aromatic rings. The third-order valence-corrected chi connectivity index (χ3v) is 4.77. The van der Waals surface area contributed by atoms with Crippen LogP contribution in [-0.2, 0) is 18.6 Å². The third-order valence-electron chi connectivity index (χ3n) is 2.26. The van der Waals surface area contributed by atoms with Gasteiger partial charge in [0, 0.05) is 5.30 Å². The average Bonchev–Trinajstić information content (AvgIpc) is 2.39. The molecule has 0 fully saturated rings. The van der Waals surface area contributed by atoms with Gasteiger partial charge in [0.15, 0.2) is 0 Å². The molecule has 1 aromatic carbocycles. The lowest BCUT2D eigenvalue weighted by Gasteiger charge is -2.22. The molecule has 0 radical (unpaired) electrons. The maximum atomic E-state index is 12.7. The summed E-state index contributed by atoms with van der Waals surface area (Å²) in [5.74, 6) is -2.72. The Balaban J connectivity index is 3.08. The SMILES string of the molecule is CCOC(=O)C(O)P(=O)(OCC)c1ccccc1. The highest BCUT2D eigenvalue weighted by Crippen LogP contribution is 2.49. The molecule has 0 heterocycles. The molecule has 0 aliphatic rings. The quantitative estimate of drug-likeness (QED) is 0.627. The molecule has 18 heavy (non-hydrogen) atoms. The Labute approximate surface area is 106 Å². The van der Waals surface area contributed by atoms with Gasteiger partial charge in [0.2, 0.25) is 5.85 Å². The van der Waals surface area contributed by atoms with E-state index in [1.807, 2.05) is 0 Å². The average molecular weight is 272 g/mol. The van der Waals surface area contributed by atoms with E-state index in [4.69, 9.17) is 4.52 Å². The number of hydrogen-bond acceptors (Lipinski definition) is 5. The normalized spacial score (nSPS) is 15.7. The van der Waals surface area contributed by atoms with Gasteiger partial charge in [-0.3, -0.25) is 4.57 Å². The maximum Gasteiger partial charge on any atom is 0.345 e. The second kappa shape index (κ2) is 6.69. The van der Waals surface area contributed by atoms with E-state index in [-0.39, 0.29) is 13.2 Å². The van der Waals surface area contributed by atoms with Crippen molar-refractivity contribution < 1.29 is 23.7 Å². The van der Waals surface area contributed by atoms with E-state index in [0.717, 1.165) is 0 Å². The van der Waals surface area contributed by atoms with E-state index in [9.17, 15) is 14.5 Å². The van der Waals surface area contributed by atoms with Crippen molar-refractivity contribution in [1.29, 1.82) is 0 Å². The molecule has 0 saturated heterocycles. The zero-order chi connectivity index (χ0) is 13.6. The molecule has 0 aliphatic heterocycles. The fourth-order valence-corrected chi connectivity index (χ4v) is 3.37. The maximum absolute atomic E-state index is 12.7. The molecule has 2 unspecified atom stereocenters.